The standard InChI is InChI=1S/C30H21Cl2NO2/c31-28-17-21(19-33-24-13-15-26(16-14-24)35-25-10-2-1-3-11-25)18-29(32)30(28)34-20-23-9-6-8-22-7-4-5-12-27(22)23/h1-19H,20H2. The number of hydrogen-bond donors (Lipinski definition) is 0. The molecule has 0 fully saturated rings. The molecule has 0 aromatic heterocycles. The molecule has 3 nitrogen and oxygen atoms in total. The van der Waals surface area contributed by atoms with Crippen LogP contribution in [0.1, 0.15) is 11.1 Å². The Morgan fingerprint density at radius 3 is 2.11 bits per heavy atom. The van der Waals surface area contributed by atoms with E-state index in [1.807, 2.05) is 78.9 Å². The summed E-state index contributed by atoms with van der Waals surface area (Å²) in [7, 11) is 0. The van der Waals surface area contributed by atoms with Crippen molar-refractivity contribution < 1.29 is 9.47 Å². The quantitative estimate of drug-likeness (QED) is 0.209. The first kappa shape index (κ1) is 23.0. The third-order valence-corrected chi connectivity index (χ3v) is 6.01. The van der Waals surface area contributed by atoms with Crippen LogP contribution in [-0.4, -0.2) is 6.21 Å². The van der Waals surface area contributed by atoms with Crippen LogP contribution in [0.4, 0.5) is 5.69 Å². The van der Waals surface area contributed by atoms with Gasteiger partial charge in [-0.25, -0.2) is 0 Å². The van der Waals surface area contributed by atoms with E-state index in [1.54, 1.807) is 18.3 Å². The van der Waals surface area contributed by atoms with Gasteiger partial charge in [-0.1, -0.05) is 83.9 Å². The Balaban J connectivity index is 1.27. The Bertz CT molecular complexity index is 1450. The van der Waals surface area contributed by atoms with E-state index in [9.17, 15) is 0 Å². The van der Waals surface area contributed by atoms with Crippen molar-refractivity contribution in [1.82, 2.24) is 0 Å². The van der Waals surface area contributed by atoms with E-state index in [2.05, 4.69) is 23.2 Å². The second-order valence-corrected chi connectivity index (χ2v) is 8.72. The van der Waals surface area contributed by atoms with Crippen LogP contribution in [0.3, 0.4) is 0 Å². The second-order valence-electron chi connectivity index (χ2n) is 7.91. The lowest BCUT2D eigenvalue weighted by Crippen LogP contribution is -1.98. The van der Waals surface area contributed by atoms with Gasteiger partial charge in [-0.3, -0.25) is 4.99 Å². The van der Waals surface area contributed by atoms with E-state index in [1.165, 1.54) is 0 Å². The highest BCUT2D eigenvalue weighted by molar-refractivity contribution is 6.37. The summed E-state index contributed by atoms with van der Waals surface area (Å²) in [5.41, 5.74) is 2.64. The molecule has 5 aromatic carbocycles. The minimum atomic E-state index is 0.367. The van der Waals surface area contributed by atoms with E-state index in [0.29, 0.717) is 22.4 Å². The maximum atomic E-state index is 6.51. The van der Waals surface area contributed by atoms with Crippen LogP contribution < -0.4 is 9.47 Å². The number of benzene rings is 5. The minimum Gasteiger partial charge on any atom is -0.486 e. The maximum absolute atomic E-state index is 6.51. The van der Waals surface area contributed by atoms with Gasteiger partial charge in [0.25, 0.3) is 0 Å². The Labute approximate surface area is 214 Å². The summed E-state index contributed by atoms with van der Waals surface area (Å²) in [4.78, 5) is 4.53. The van der Waals surface area contributed by atoms with Crippen molar-refractivity contribution in [3.63, 3.8) is 0 Å². The summed E-state index contributed by atoms with van der Waals surface area (Å²) < 4.78 is 11.8. The molecule has 0 saturated heterocycles. The normalized spacial score (nSPS) is 11.1. The fourth-order valence-electron chi connectivity index (χ4n) is 3.73. The largest absolute Gasteiger partial charge is 0.486 e. The molecular formula is C30H21Cl2NO2. The smallest absolute Gasteiger partial charge is 0.157 e. The van der Waals surface area contributed by atoms with Crippen molar-refractivity contribution in [3.05, 3.63) is 130 Å². The van der Waals surface area contributed by atoms with Crippen LogP contribution in [0.15, 0.2) is 114 Å². The zero-order valence-electron chi connectivity index (χ0n) is 18.7. The molecular weight excluding hydrogens is 477 g/mol. The molecule has 0 aliphatic carbocycles. The van der Waals surface area contributed by atoms with Gasteiger partial charge in [-0.15, -0.1) is 0 Å². The zero-order chi connectivity index (χ0) is 24.0. The van der Waals surface area contributed by atoms with Crippen molar-refractivity contribution in [2.75, 3.05) is 0 Å². The molecule has 5 aromatic rings. The fraction of sp³-hybridized carbons (Fsp3) is 0.0333. The highest BCUT2D eigenvalue weighted by atomic mass is 35.5. The van der Waals surface area contributed by atoms with Crippen LogP contribution in [0.2, 0.25) is 10.0 Å². The van der Waals surface area contributed by atoms with Crippen molar-refractivity contribution in [2.45, 2.75) is 6.61 Å². The Hall–Kier alpha value is -3.79. The molecule has 0 amide bonds. The number of aliphatic imine (C=N–C) groups is 1. The summed E-state index contributed by atoms with van der Waals surface area (Å²) >= 11 is 13.0. The summed E-state index contributed by atoms with van der Waals surface area (Å²) in [6.45, 7) is 0.367. The molecule has 35 heavy (non-hydrogen) atoms. The van der Waals surface area contributed by atoms with Crippen molar-refractivity contribution in [3.8, 4) is 17.2 Å². The number of ether oxygens (including phenoxy) is 2. The lowest BCUT2D eigenvalue weighted by atomic mass is 10.1. The third kappa shape index (κ3) is 5.65. The molecule has 0 spiro atoms. The summed E-state index contributed by atoms with van der Waals surface area (Å²) in [6, 6.07) is 35.1. The van der Waals surface area contributed by atoms with Gasteiger partial charge in [0.1, 0.15) is 18.1 Å². The van der Waals surface area contributed by atoms with Gasteiger partial charge in [-0.2, -0.15) is 0 Å². The summed E-state index contributed by atoms with van der Waals surface area (Å²) in [5.74, 6) is 1.99. The predicted molar refractivity (Wildman–Crippen MR) is 145 cm³/mol. The van der Waals surface area contributed by atoms with Crippen molar-refractivity contribution >= 4 is 45.9 Å². The van der Waals surface area contributed by atoms with E-state index >= 15 is 0 Å². The maximum Gasteiger partial charge on any atom is 0.157 e. The first-order chi connectivity index (χ1) is 17.2. The van der Waals surface area contributed by atoms with Crippen LogP contribution in [0, 0.1) is 0 Å². The fourth-order valence-corrected chi connectivity index (χ4v) is 4.35. The summed E-state index contributed by atoms with van der Waals surface area (Å²) in [6.07, 6.45) is 1.72. The van der Waals surface area contributed by atoms with Crippen LogP contribution in [0.25, 0.3) is 10.8 Å². The molecule has 0 N–H and O–H groups in total. The average molecular weight is 498 g/mol. The first-order valence-electron chi connectivity index (χ1n) is 11.1. The topological polar surface area (TPSA) is 30.8 Å². The SMILES string of the molecule is Clc1cc(C=Nc2ccc(Oc3ccccc3)cc2)cc(Cl)c1OCc1cccc2ccccc12. The molecule has 5 rings (SSSR count). The summed E-state index contributed by atoms with van der Waals surface area (Å²) in [5, 5.41) is 3.18. The Kier molecular flexibility index (Phi) is 6.99. The van der Waals surface area contributed by atoms with Gasteiger partial charge in [-0.05, 0) is 70.4 Å². The minimum absolute atomic E-state index is 0.367. The molecule has 0 atom stereocenters. The second kappa shape index (κ2) is 10.6. The number of para-hydroxylation sites is 1. The molecule has 172 valence electrons. The molecule has 0 radical (unpaired) electrons. The van der Waals surface area contributed by atoms with Gasteiger partial charge in [0.2, 0.25) is 0 Å². The van der Waals surface area contributed by atoms with E-state index in [-0.39, 0.29) is 0 Å². The average Bonchev–Trinajstić information content (AvgIpc) is 2.88. The van der Waals surface area contributed by atoms with E-state index in [0.717, 1.165) is 39.1 Å². The molecule has 5 heteroatoms. The van der Waals surface area contributed by atoms with Gasteiger partial charge in [0.05, 0.1) is 15.7 Å². The molecule has 0 aliphatic rings. The number of halogens is 2. The van der Waals surface area contributed by atoms with Crippen LogP contribution in [0.5, 0.6) is 17.2 Å². The van der Waals surface area contributed by atoms with Gasteiger partial charge >= 0.3 is 0 Å². The number of nitrogens with zero attached hydrogens (tertiary/aromatic N) is 1. The Morgan fingerprint density at radius 2 is 1.34 bits per heavy atom. The van der Waals surface area contributed by atoms with Crippen LogP contribution >= 0.6 is 23.2 Å². The van der Waals surface area contributed by atoms with Gasteiger partial charge in [0, 0.05) is 6.21 Å². The van der Waals surface area contributed by atoms with E-state index < -0.39 is 0 Å². The lowest BCUT2D eigenvalue weighted by molar-refractivity contribution is 0.308. The zero-order valence-corrected chi connectivity index (χ0v) is 20.2. The molecule has 0 unspecified atom stereocenters. The highest BCUT2D eigenvalue weighted by Gasteiger charge is 2.11. The number of rotatable bonds is 7. The first-order valence-corrected chi connectivity index (χ1v) is 11.9. The molecule has 0 saturated carbocycles. The predicted octanol–water partition coefficient (Wildman–Crippen LogP) is 9.27. The molecule has 0 bridgehead atoms. The van der Waals surface area contributed by atoms with Crippen molar-refractivity contribution in [2.24, 2.45) is 4.99 Å². The van der Waals surface area contributed by atoms with Gasteiger partial charge < -0.3 is 9.47 Å². The van der Waals surface area contributed by atoms with Gasteiger partial charge in [0.15, 0.2) is 5.75 Å². The monoisotopic (exact) mass is 497 g/mol. The number of fused-ring (bicyclic) bond motifs is 1. The lowest BCUT2D eigenvalue weighted by Gasteiger charge is -2.12. The molecule has 0 aliphatic heterocycles. The Morgan fingerprint density at radius 1 is 0.686 bits per heavy atom. The third-order valence-electron chi connectivity index (χ3n) is 5.45. The highest BCUT2D eigenvalue weighted by Crippen LogP contribution is 2.35. The van der Waals surface area contributed by atoms with Crippen molar-refractivity contribution in [1.29, 1.82) is 0 Å². The number of hydrogen-bond acceptors (Lipinski definition) is 3. The van der Waals surface area contributed by atoms with E-state index in [4.69, 9.17) is 32.7 Å². The van der Waals surface area contributed by atoms with Crippen LogP contribution in [-0.2, 0) is 6.61 Å². The molecule has 0 heterocycles.